The van der Waals surface area contributed by atoms with Gasteiger partial charge in [0.1, 0.15) is 0 Å². The summed E-state index contributed by atoms with van der Waals surface area (Å²) in [4.78, 5) is 12.8. The summed E-state index contributed by atoms with van der Waals surface area (Å²) in [6.45, 7) is 0.277. The zero-order valence-corrected chi connectivity index (χ0v) is 9.03. The number of hydrogen-bond donors (Lipinski definition) is 2. The standard InChI is InChI=1S/C11H16N2O2/c1-13(2)11(15)7-12-10-5-3-4-9(6-10)8-14/h3-6,12,14H,7-8H2,1-2H3. The molecule has 0 saturated carbocycles. The predicted octanol–water partition coefficient (Wildman–Crippen LogP) is 0.679. The average Bonchev–Trinajstić information content (AvgIpc) is 2.26. The Hall–Kier alpha value is -1.55. The normalized spacial score (nSPS) is 9.80. The summed E-state index contributed by atoms with van der Waals surface area (Å²) in [5.41, 5.74) is 1.68. The van der Waals surface area contributed by atoms with Crippen molar-refractivity contribution in [2.75, 3.05) is 26.0 Å². The fourth-order valence-electron chi connectivity index (χ4n) is 1.12. The van der Waals surface area contributed by atoms with Crippen LogP contribution in [0.2, 0.25) is 0 Å². The molecule has 0 aliphatic rings. The van der Waals surface area contributed by atoms with Gasteiger partial charge in [0.05, 0.1) is 13.2 Å². The van der Waals surface area contributed by atoms with Crippen LogP contribution in [0.4, 0.5) is 5.69 Å². The lowest BCUT2D eigenvalue weighted by atomic mass is 10.2. The maximum absolute atomic E-state index is 11.3. The van der Waals surface area contributed by atoms with Gasteiger partial charge in [-0.25, -0.2) is 0 Å². The molecule has 0 spiro atoms. The Morgan fingerprint density at radius 3 is 2.80 bits per heavy atom. The fraction of sp³-hybridized carbons (Fsp3) is 0.364. The van der Waals surface area contributed by atoms with E-state index in [0.717, 1.165) is 11.3 Å². The molecule has 0 bridgehead atoms. The van der Waals surface area contributed by atoms with Crippen molar-refractivity contribution >= 4 is 11.6 Å². The van der Waals surface area contributed by atoms with E-state index < -0.39 is 0 Å². The molecular weight excluding hydrogens is 192 g/mol. The Labute approximate surface area is 89.5 Å². The van der Waals surface area contributed by atoms with Crippen LogP contribution in [0.15, 0.2) is 24.3 Å². The van der Waals surface area contributed by atoms with Gasteiger partial charge in [0.15, 0.2) is 0 Å². The summed E-state index contributed by atoms with van der Waals surface area (Å²) in [7, 11) is 3.43. The van der Waals surface area contributed by atoms with Crippen LogP contribution in [-0.4, -0.2) is 36.6 Å². The fourth-order valence-corrected chi connectivity index (χ4v) is 1.12. The molecule has 15 heavy (non-hydrogen) atoms. The van der Waals surface area contributed by atoms with Crippen molar-refractivity contribution in [3.05, 3.63) is 29.8 Å². The Morgan fingerprint density at radius 1 is 1.47 bits per heavy atom. The Morgan fingerprint density at radius 2 is 2.20 bits per heavy atom. The second-order valence-corrected chi connectivity index (χ2v) is 3.50. The maximum atomic E-state index is 11.3. The van der Waals surface area contributed by atoms with E-state index in [-0.39, 0.29) is 19.1 Å². The van der Waals surface area contributed by atoms with Crippen LogP contribution < -0.4 is 5.32 Å². The lowest BCUT2D eigenvalue weighted by Gasteiger charge is -2.12. The highest BCUT2D eigenvalue weighted by Gasteiger charge is 2.02. The van der Waals surface area contributed by atoms with Crippen molar-refractivity contribution in [1.82, 2.24) is 4.90 Å². The van der Waals surface area contributed by atoms with Crippen LogP contribution >= 0.6 is 0 Å². The number of carbonyl (C=O) groups excluding carboxylic acids is 1. The number of likely N-dealkylation sites (N-methyl/N-ethyl adjacent to an activating group) is 1. The molecule has 1 aromatic rings. The summed E-state index contributed by atoms with van der Waals surface area (Å²) in [6.07, 6.45) is 0. The Bertz CT molecular complexity index is 337. The smallest absolute Gasteiger partial charge is 0.241 e. The molecule has 0 aromatic heterocycles. The molecule has 0 radical (unpaired) electrons. The SMILES string of the molecule is CN(C)C(=O)CNc1cccc(CO)c1. The number of benzene rings is 1. The van der Waals surface area contributed by atoms with Crippen molar-refractivity contribution in [3.8, 4) is 0 Å². The first kappa shape index (κ1) is 11.5. The van der Waals surface area contributed by atoms with Crippen molar-refractivity contribution in [2.24, 2.45) is 0 Å². The van der Waals surface area contributed by atoms with Gasteiger partial charge in [-0.05, 0) is 17.7 Å². The summed E-state index contributed by atoms with van der Waals surface area (Å²) >= 11 is 0. The van der Waals surface area contributed by atoms with Gasteiger partial charge < -0.3 is 15.3 Å². The van der Waals surface area contributed by atoms with E-state index >= 15 is 0 Å². The highest BCUT2D eigenvalue weighted by molar-refractivity contribution is 5.80. The van der Waals surface area contributed by atoms with Crippen molar-refractivity contribution in [2.45, 2.75) is 6.61 Å². The monoisotopic (exact) mass is 208 g/mol. The van der Waals surface area contributed by atoms with Crippen LogP contribution in [-0.2, 0) is 11.4 Å². The predicted molar refractivity (Wildman–Crippen MR) is 59.5 cm³/mol. The first-order valence-electron chi connectivity index (χ1n) is 4.77. The number of rotatable bonds is 4. The van der Waals surface area contributed by atoms with E-state index in [4.69, 9.17) is 5.11 Å². The van der Waals surface area contributed by atoms with Crippen molar-refractivity contribution in [3.63, 3.8) is 0 Å². The van der Waals surface area contributed by atoms with Crippen LogP contribution in [0.25, 0.3) is 0 Å². The molecule has 0 fully saturated rings. The van der Waals surface area contributed by atoms with Gasteiger partial charge in [-0.1, -0.05) is 12.1 Å². The van der Waals surface area contributed by atoms with Gasteiger partial charge in [0, 0.05) is 19.8 Å². The summed E-state index contributed by atoms with van der Waals surface area (Å²) in [5.74, 6) is 0.0180. The van der Waals surface area contributed by atoms with Gasteiger partial charge in [-0.15, -0.1) is 0 Å². The largest absolute Gasteiger partial charge is 0.392 e. The molecule has 2 N–H and O–H groups in total. The molecule has 0 atom stereocenters. The summed E-state index contributed by atoms with van der Waals surface area (Å²) in [5, 5.41) is 11.9. The van der Waals surface area contributed by atoms with Crippen LogP contribution in [0.3, 0.4) is 0 Å². The second kappa shape index (κ2) is 5.36. The lowest BCUT2D eigenvalue weighted by molar-refractivity contribution is -0.126. The van der Waals surface area contributed by atoms with Crippen molar-refractivity contribution in [1.29, 1.82) is 0 Å². The van der Waals surface area contributed by atoms with E-state index in [2.05, 4.69) is 5.32 Å². The van der Waals surface area contributed by atoms with Gasteiger partial charge in [-0.2, -0.15) is 0 Å². The molecule has 0 aliphatic heterocycles. The molecule has 0 heterocycles. The number of aliphatic hydroxyl groups is 1. The third-order valence-corrected chi connectivity index (χ3v) is 2.05. The number of carbonyl (C=O) groups is 1. The molecule has 4 heteroatoms. The number of anilines is 1. The highest BCUT2D eigenvalue weighted by Crippen LogP contribution is 2.09. The molecule has 1 rings (SSSR count). The maximum Gasteiger partial charge on any atom is 0.241 e. The minimum Gasteiger partial charge on any atom is -0.392 e. The third kappa shape index (κ3) is 3.59. The summed E-state index contributed by atoms with van der Waals surface area (Å²) in [6, 6.07) is 7.36. The van der Waals surface area contributed by atoms with Gasteiger partial charge in [-0.3, -0.25) is 4.79 Å². The molecular formula is C11H16N2O2. The Balaban J connectivity index is 2.54. The minimum atomic E-state index is 0.0111. The van der Waals surface area contributed by atoms with Gasteiger partial charge in [0.25, 0.3) is 0 Å². The van der Waals surface area contributed by atoms with E-state index in [1.165, 1.54) is 4.90 Å². The number of aliphatic hydroxyl groups excluding tert-OH is 1. The minimum absolute atomic E-state index is 0.0111. The molecule has 1 aromatic carbocycles. The summed E-state index contributed by atoms with van der Waals surface area (Å²) < 4.78 is 0. The number of amides is 1. The highest BCUT2D eigenvalue weighted by atomic mass is 16.3. The Kier molecular flexibility index (Phi) is 4.12. The van der Waals surface area contributed by atoms with E-state index in [9.17, 15) is 4.79 Å². The first-order chi connectivity index (χ1) is 7.13. The molecule has 4 nitrogen and oxygen atoms in total. The van der Waals surface area contributed by atoms with Gasteiger partial charge in [0.2, 0.25) is 5.91 Å². The van der Waals surface area contributed by atoms with Crippen LogP contribution in [0, 0.1) is 0 Å². The number of nitrogens with zero attached hydrogens (tertiary/aromatic N) is 1. The zero-order chi connectivity index (χ0) is 11.3. The topological polar surface area (TPSA) is 52.6 Å². The second-order valence-electron chi connectivity index (χ2n) is 3.50. The quantitative estimate of drug-likeness (QED) is 0.765. The molecule has 0 unspecified atom stereocenters. The first-order valence-corrected chi connectivity index (χ1v) is 4.77. The molecule has 82 valence electrons. The van der Waals surface area contributed by atoms with Crippen LogP contribution in [0.5, 0.6) is 0 Å². The average molecular weight is 208 g/mol. The van der Waals surface area contributed by atoms with E-state index in [1.807, 2.05) is 24.3 Å². The number of nitrogens with one attached hydrogen (secondary N) is 1. The van der Waals surface area contributed by atoms with E-state index in [1.54, 1.807) is 14.1 Å². The molecule has 0 saturated heterocycles. The van der Waals surface area contributed by atoms with Crippen LogP contribution in [0.1, 0.15) is 5.56 Å². The van der Waals surface area contributed by atoms with Gasteiger partial charge >= 0.3 is 0 Å². The van der Waals surface area contributed by atoms with E-state index in [0.29, 0.717) is 0 Å². The third-order valence-electron chi connectivity index (χ3n) is 2.05. The lowest BCUT2D eigenvalue weighted by Crippen LogP contribution is -2.28. The molecule has 0 aliphatic carbocycles. The zero-order valence-electron chi connectivity index (χ0n) is 9.03. The number of hydrogen-bond acceptors (Lipinski definition) is 3. The van der Waals surface area contributed by atoms with Crippen molar-refractivity contribution < 1.29 is 9.90 Å². The molecule has 1 amide bonds.